The Bertz CT molecular complexity index is 1800. The van der Waals surface area contributed by atoms with Crippen LogP contribution in [-0.2, 0) is 20.7 Å². The Balaban J connectivity index is 1.33. The van der Waals surface area contributed by atoms with Gasteiger partial charge in [0.05, 0.1) is 26.4 Å². The third kappa shape index (κ3) is 9.61. The number of nitrogens with one attached hydrogen (secondary N) is 1. The van der Waals surface area contributed by atoms with Crippen LogP contribution in [-0.4, -0.2) is 57.3 Å². The van der Waals surface area contributed by atoms with E-state index in [-0.39, 0.29) is 40.1 Å². The molecule has 10 nitrogen and oxygen atoms in total. The molecule has 1 aliphatic rings. The molecule has 0 amide bonds. The molecule has 1 N–H and O–H groups in total. The van der Waals surface area contributed by atoms with E-state index in [0.717, 1.165) is 32.5 Å². The zero-order valence-corrected chi connectivity index (χ0v) is 30.1. The highest BCUT2D eigenvalue weighted by Gasteiger charge is 2.28. The standard InChI is InChI=1S/C38H40Cl2FN3O7/c1-4-43-17-15-24(16-18-43)23-50-38(46)36(28-7-5-6-8-32(28)41)42-27-12-9-25(10-13-27)37(45)51-34(20-29-30(39)21-44(47)22-31(29)40)26-11-14-33(48-2)35(19-26)49-3/h5-14,19,21-22,24,34,36,42H,4,15-18,20,23H2,1-3H3. The molecule has 0 spiro atoms. The first-order valence-corrected chi connectivity index (χ1v) is 17.3. The molecule has 1 aliphatic heterocycles. The summed E-state index contributed by atoms with van der Waals surface area (Å²) in [6, 6.07) is 16.3. The number of hydrogen-bond donors (Lipinski definition) is 1. The monoisotopic (exact) mass is 739 g/mol. The first kappa shape index (κ1) is 37.7. The highest BCUT2D eigenvalue weighted by molar-refractivity contribution is 6.35. The summed E-state index contributed by atoms with van der Waals surface area (Å²) in [5.41, 5.74) is 1.78. The Morgan fingerprint density at radius 3 is 2.27 bits per heavy atom. The number of aromatic nitrogens is 1. The number of anilines is 1. The maximum Gasteiger partial charge on any atom is 0.338 e. The lowest BCUT2D eigenvalue weighted by molar-refractivity contribution is -0.605. The second-order valence-corrected chi connectivity index (χ2v) is 13.0. The van der Waals surface area contributed by atoms with Gasteiger partial charge in [0.2, 0.25) is 0 Å². The van der Waals surface area contributed by atoms with Gasteiger partial charge < -0.3 is 34.4 Å². The largest absolute Gasteiger partial charge is 0.619 e. The van der Waals surface area contributed by atoms with E-state index < -0.39 is 29.9 Å². The first-order chi connectivity index (χ1) is 24.6. The van der Waals surface area contributed by atoms with Crippen molar-refractivity contribution in [3.8, 4) is 11.5 Å². The number of rotatable bonds is 14. The minimum Gasteiger partial charge on any atom is -0.619 e. The number of nitrogens with zero attached hydrogens (tertiary/aromatic N) is 2. The van der Waals surface area contributed by atoms with Crippen LogP contribution in [0.15, 0.2) is 79.1 Å². The lowest BCUT2D eigenvalue weighted by atomic mass is 9.98. The number of benzene rings is 3. The summed E-state index contributed by atoms with van der Waals surface area (Å²) >= 11 is 12.8. The van der Waals surface area contributed by atoms with Gasteiger partial charge in [0.1, 0.15) is 22.0 Å². The van der Waals surface area contributed by atoms with Crippen LogP contribution in [0.2, 0.25) is 10.0 Å². The molecule has 13 heteroatoms. The fraction of sp³-hybridized carbons (Fsp3) is 0.342. The van der Waals surface area contributed by atoms with E-state index in [0.29, 0.717) is 33.0 Å². The van der Waals surface area contributed by atoms with E-state index in [1.54, 1.807) is 42.5 Å². The van der Waals surface area contributed by atoms with Crippen molar-refractivity contribution >= 4 is 40.8 Å². The van der Waals surface area contributed by atoms with E-state index in [2.05, 4.69) is 17.1 Å². The minimum absolute atomic E-state index is 0.0452. The van der Waals surface area contributed by atoms with Crippen molar-refractivity contribution in [1.82, 2.24) is 4.90 Å². The zero-order chi connectivity index (χ0) is 36.5. The molecule has 2 heterocycles. The molecule has 0 saturated carbocycles. The highest BCUT2D eigenvalue weighted by atomic mass is 35.5. The number of methoxy groups -OCH3 is 2. The van der Waals surface area contributed by atoms with Gasteiger partial charge in [-0.1, -0.05) is 54.4 Å². The van der Waals surface area contributed by atoms with Crippen molar-refractivity contribution in [2.45, 2.75) is 38.3 Å². The molecule has 0 radical (unpaired) electrons. The van der Waals surface area contributed by atoms with E-state index in [9.17, 15) is 19.2 Å². The molecule has 270 valence electrons. The first-order valence-electron chi connectivity index (χ1n) is 16.6. The number of piperidine rings is 1. The van der Waals surface area contributed by atoms with E-state index in [1.165, 1.54) is 50.9 Å². The molecule has 2 atom stereocenters. The van der Waals surface area contributed by atoms with Gasteiger partial charge in [-0.15, -0.1) is 0 Å². The molecule has 2 unspecified atom stereocenters. The van der Waals surface area contributed by atoms with Gasteiger partial charge in [-0.3, -0.25) is 0 Å². The smallest absolute Gasteiger partial charge is 0.338 e. The Morgan fingerprint density at radius 1 is 0.980 bits per heavy atom. The van der Waals surface area contributed by atoms with Gasteiger partial charge in [-0.05, 0) is 86.4 Å². The van der Waals surface area contributed by atoms with Crippen LogP contribution in [0.3, 0.4) is 0 Å². The molecule has 1 fully saturated rings. The van der Waals surface area contributed by atoms with Crippen LogP contribution >= 0.6 is 23.2 Å². The van der Waals surface area contributed by atoms with Gasteiger partial charge >= 0.3 is 11.9 Å². The Labute approximate surface area is 306 Å². The summed E-state index contributed by atoms with van der Waals surface area (Å²) in [5, 5.41) is 15.2. The van der Waals surface area contributed by atoms with Gasteiger partial charge in [0.25, 0.3) is 0 Å². The molecule has 4 aromatic rings. The highest BCUT2D eigenvalue weighted by Crippen LogP contribution is 2.36. The average Bonchev–Trinajstić information content (AvgIpc) is 3.14. The fourth-order valence-electron chi connectivity index (χ4n) is 5.98. The average molecular weight is 741 g/mol. The van der Waals surface area contributed by atoms with Gasteiger partial charge in [-0.25, -0.2) is 14.0 Å². The summed E-state index contributed by atoms with van der Waals surface area (Å²) < 4.78 is 38.0. The third-order valence-electron chi connectivity index (χ3n) is 8.98. The molecule has 51 heavy (non-hydrogen) atoms. The summed E-state index contributed by atoms with van der Waals surface area (Å²) in [4.78, 5) is 29.3. The van der Waals surface area contributed by atoms with E-state index in [4.69, 9.17) is 42.1 Å². The molecular weight excluding hydrogens is 700 g/mol. The van der Waals surface area contributed by atoms with Crippen LogP contribution in [0.5, 0.6) is 11.5 Å². The van der Waals surface area contributed by atoms with Crippen LogP contribution in [0.4, 0.5) is 10.1 Å². The molecule has 0 bridgehead atoms. The van der Waals surface area contributed by atoms with Crippen molar-refractivity contribution in [3.63, 3.8) is 0 Å². The molecule has 1 saturated heterocycles. The second kappa shape index (κ2) is 17.6. The number of likely N-dealkylation sites (tertiary alicyclic amines) is 1. The van der Waals surface area contributed by atoms with Gasteiger partial charge in [0, 0.05) is 23.2 Å². The maximum absolute atomic E-state index is 15.0. The van der Waals surface area contributed by atoms with Crippen LogP contribution in [0.1, 0.15) is 59.0 Å². The van der Waals surface area contributed by atoms with Crippen LogP contribution < -0.4 is 19.5 Å². The van der Waals surface area contributed by atoms with Crippen molar-refractivity contribution in [3.05, 3.63) is 122 Å². The van der Waals surface area contributed by atoms with Crippen molar-refractivity contribution in [2.24, 2.45) is 5.92 Å². The lowest BCUT2D eigenvalue weighted by Crippen LogP contribution is -2.35. The molecule has 3 aromatic carbocycles. The summed E-state index contributed by atoms with van der Waals surface area (Å²) in [6.07, 6.45) is 3.33. The molecule has 1 aromatic heterocycles. The topological polar surface area (TPSA) is 113 Å². The Kier molecular flexibility index (Phi) is 13.0. The maximum atomic E-state index is 15.0. The number of ether oxygens (including phenoxy) is 4. The van der Waals surface area contributed by atoms with E-state index >= 15 is 0 Å². The van der Waals surface area contributed by atoms with E-state index in [1.807, 2.05) is 0 Å². The quantitative estimate of drug-likeness (QED) is 0.0806. The number of halogens is 3. The SMILES string of the molecule is CCN1CCC(COC(=O)C(Nc2ccc(C(=O)OC(Cc3c(Cl)c[n+]([O-])cc3Cl)c3ccc(OC)c(OC)c3)cc2)c2ccccc2F)CC1. The Morgan fingerprint density at radius 2 is 1.65 bits per heavy atom. The zero-order valence-electron chi connectivity index (χ0n) is 28.6. The Hall–Kier alpha value is -4.58. The minimum atomic E-state index is -1.12. The number of pyridine rings is 1. The molecular formula is C38H40Cl2FN3O7. The van der Waals surface area contributed by atoms with Crippen molar-refractivity contribution < 1.29 is 37.7 Å². The molecule has 0 aliphatic carbocycles. The van der Waals surface area contributed by atoms with Crippen LogP contribution in [0, 0.1) is 16.9 Å². The normalized spacial score (nSPS) is 14.7. The molecule has 5 rings (SSSR count). The lowest BCUT2D eigenvalue weighted by Gasteiger charge is -2.31. The summed E-state index contributed by atoms with van der Waals surface area (Å²) in [6.45, 7) is 5.27. The predicted octanol–water partition coefficient (Wildman–Crippen LogP) is 7.35. The fourth-order valence-corrected chi connectivity index (χ4v) is 6.58. The van der Waals surface area contributed by atoms with Crippen LogP contribution in [0.25, 0.3) is 0 Å². The van der Waals surface area contributed by atoms with Gasteiger partial charge in [0.15, 0.2) is 29.9 Å². The number of carbonyl (C=O) groups excluding carboxylic acids is 2. The predicted molar refractivity (Wildman–Crippen MR) is 192 cm³/mol. The number of esters is 2. The van der Waals surface area contributed by atoms with Gasteiger partial charge in [-0.2, -0.15) is 4.73 Å². The van der Waals surface area contributed by atoms with Crippen molar-refractivity contribution in [1.29, 1.82) is 0 Å². The summed E-state index contributed by atoms with van der Waals surface area (Å²) in [7, 11) is 3.00. The number of hydrogen-bond acceptors (Lipinski definition) is 9. The second-order valence-electron chi connectivity index (χ2n) is 12.2. The van der Waals surface area contributed by atoms with Crippen molar-refractivity contribution in [2.75, 3.05) is 45.8 Å². The third-order valence-corrected chi connectivity index (χ3v) is 9.63. The number of carbonyl (C=O) groups is 2. The summed E-state index contributed by atoms with van der Waals surface area (Å²) in [5.74, 6) is -0.676.